The fourth-order valence-corrected chi connectivity index (χ4v) is 4.59. The molecule has 1 aliphatic heterocycles. The number of piperidine rings is 1. The number of aryl methyl sites for hydroxylation is 1. The summed E-state index contributed by atoms with van der Waals surface area (Å²) in [6.07, 6.45) is 4.61. The molecule has 7 nitrogen and oxygen atoms in total. The smallest absolute Gasteiger partial charge is 0.266 e. The molecule has 1 saturated heterocycles. The molecule has 0 radical (unpaired) electrons. The first kappa shape index (κ1) is 20.1. The summed E-state index contributed by atoms with van der Waals surface area (Å²) in [4.78, 5) is 31.6. The van der Waals surface area contributed by atoms with Gasteiger partial charge in [-0.15, -0.1) is 11.3 Å². The quantitative estimate of drug-likeness (QED) is 0.653. The standard InChI is InChI=1S/C22H21N5O2S/c1-15-26-19(18-7-10-24-14-25-18)20(30-15)21(28)27-11-8-22(29,9-12-27)13-16-3-5-17(23-2)6-4-16/h3-7,10,14,29H,8-9,11-13H2,1H3. The third-order valence-electron chi connectivity index (χ3n) is 5.33. The molecule has 30 heavy (non-hydrogen) atoms. The van der Waals surface area contributed by atoms with E-state index < -0.39 is 5.60 Å². The number of thiazole rings is 1. The Morgan fingerprint density at radius 1 is 1.27 bits per heavy atom. The molecule has 2 aromatic heterocycles. The SMILES string of the molecule is [C-]#[N+]c1ccc(CC2(O)CCN(C(=O)c3sc(C)nc3-c3ccncn3)CC2)cc1. The van der Waals surface area contributed by atoms with E-state index in [2.05, 4.69) is 19.8 Å². The van der Waals surface area contributed by atoms with Crippen LogP contribution in [-0.2, 0) is 6.42 Å². The molecule has 1 aromatic carbocycles. The number of amides is 1. The number of hydrogen-bond donors (Lipinski definition) is 1. The van der Waals surface area contributed by atoms with Crippen molar-refractivity contribution in [1.29, 1.82) is 0 Å². The van der Waals surface area contributed by atoms with Gasteiger partial charge >= 0.3 is 0 Å². The van der Waals surface area contributed by atoms with E-state index in [0.717, 1.165) is 10.6 Å². The van der Waals surface area contributed by atoms with Crippen molar-refractivity contribution in [2.24, 2.45) is 0 Å². The second kappa shape index (κ2) is 8.30. The molecule has 152 valence electrons. The van der Waals surface area contributed by atoms with E-state index in [1.165, 1.54) is 17.7 Å². The zero-order valence-corrected chi connectivity index (χ0v) is 17.4. The highest BCUT2D eigenvalue weighted by molar-refractivity contribution is 7.14. The maximum Gasteiger partial charge on any atom is 0.266 e. The minimum atomic E-state index is -0.852. The topological polar surface area (TPSA) is 83.6 Å². The molecule has 3 aromatic rings. The number of carbonyl (C=O) groups is 1. The minimum Gasteiger partial charge on any atom is -0.389 e. The highest BCUT2D eigenvalue weighted by Gasteiger charge is 2.35. The van der Waals surface area contributed by atoms with Crippen LogP contribution in [0.25, 0.3) is 16.2 Å². The van der Waals surface area contributed by atoms with Gasteiger partial charge in [-0.3, -0.25) is 4.79 Å². The summed E-state index contributed by atoms with van der Waals surface area (Å²) in [5.74, 6) is -0.0716. The fraction of sp³-hybridized carbons (Fsp3) is 0.318. The summed E-state index contributed by atoms with van der Waals surface area (Å²) in [6, 6.07) is 9.06. The van der Waals surface area contributed by atoms with Gasteiger partial charge in [-0.05, 0) is 31.4 Å². The molecule has 1 amide bonds. The number of aliphatic hydroxyl groups is 1. The van der Waals surface area contributed by atoms with Crippen LogP contribution >= 0.6 is 11.3 Å². The van der Waals surface area contributed by atoms with Gasteiger partial charge in [0.05, 0.1) is 22.9 Å². The fourth-order valence-electron chi connectivity index (χ4n) is 3.69. The van der Waals surface area contributed by atoms with E-state index in [1.807, 2.05) is 19.1 Å². The summed E-state index contributed by atoms with van der Waals surface area (Å²) >= 11 is 1.37. The van der Waals surface area contributed by atoms with Gasteiger partial charge in [0.15, 0.2) is 5.69 Å². The molecular formula is C22H21N5O2S. The molecule has 0 atom stereocenters. The van der Waals surface area contributed by atoms with Crippen LogP contribution in [-0.4, -0.2) is 49.6 Å². The summed E-state index contributed by atoms with van der Waals surface area (Å²) in [5, 5.41) is 11.8. The molecule has 0 bridgehead atoms. The van der Waals surface area contributed by atoms with E-state index in [4.69, 9.17) is 6.57 Å². The van der Waals surface area contributed by atoms with E-state index in [-0.39, 0.29) is 5.91 Å². The predicted molar refractivity (Wildman–Crippen MR) is 114 cm³/mol. The largest absolute Gasteiger partial charge is 0.389 e. The third-order valence-corrected chi connectivity index (χ3v) is 6.29. The predicted octanol–water partition coefficient (Wildman–Crippen LogP) is 3.67. The van der Waals surface area contributed by atoms with Gasteiger partial charge in [-0.1, -0.05) is 24.3 Å². The molecule has 8 heteroatoms. The second-order valence-electron chi connectivity index (χ2n) is 7.48. The van der Waals surface area contributed by atoms with Crippen LogP contribution in [0.15, 0.2) is 42.9 Å². The Bertz CT molecular complexity index is 1080. The van der Waals surface area contributed by atoms with Crippen LogP contribution in [0.3, 0.4) is 0 Å². The van der Waals surface area contributed by atoms with Crippen molar-refractivity contribution in [1.82, 2.24) is 19.9 Å². The number of rotatable bonds is 4. The molecule has 1 fully saturated rings. The Balaban J connectivity index is 1.45. The monoisotopic (exact) mass is 419 g/mol. The Hall–Kier alpha value is -3.15. The minimum absolute atomic E-state index is 0.0716. The zero-order chi connectivity index (χ0) is 21.1. The van der Waals surface area contributed by atoms with Crippen molar-refractivity contribution in [3.8, 4) is 11.4 Å². The number of hydrogen-bond acceptors (Lipinski definition) is 6. The Kier molecular flexibility index (Phi) is 5.57. The number of benzene rings is 1. The first-order valence-corrected chi connectivity index (χ1v) is 10.5. The molecule has 0 saturated carbocycles. The summed E-state index contributed by atoms with van der Waals surface area (Å²) in [6.45, 7) is 9.88. The van der Waals surface area contributed by atoms with Crippen LogP contribution in [0.2, 0.25) is 0 Å². The molecular weight excluding hydrogens is 398 g/mol. The highest BCUT2D eigenvalue weighted by Crippen LogP contribution is 2.31. The number of aromatic nitrogens is 3. The zero-order valence-electron chi connectivity index (χ0n) is 16.6. The van der Waals surface area contributed by atoms with E-state index in [1.54, 1.807) is 29.3 Å². The first-order chi connectivity index (χ1) is 14.5. The lowest BCUT2D eigenvalue weighted by molar-refractivity contribution is -0.0161. The molecule has 1 aliphatic rings. The van der Waals surface area contributed by atoms with Gasteiger partial charge in [0.2, 0.25) is 0 Å². The van der Waals surface area contributed by atoms with Crippen molar-refractivity contribution in [3.05, 3.63) is 69.7 Å². The number of likely N-dealkylation sites (tertiary alicyclic amines) is 1. The maximum absolute atomic E-state index is 13.2. The third kappa shape index (κ3) is 4.22. The lowest BCUT2D eigenvalue weighted by Gasteiger charge is -2.38. The van der Waals surface area contributed by atoms with Gasteiger partial charge < -0.3 is 10.0 Å². The van der Waals surface area contributed by atoms with Crippen LogP contribution in [0.4, 0.5) is 5.69 Å². The molecule has 0 unspecified atom stereocenters. The van der Waals surface area contributed by atoms with E-state index in [0.29, 0.717) is 54.3 Å². The number of nitrogens with zero attached hydrogens (tertiary/aromatic N) is 5. The molecule has 0 aliphatic carbocycles. The van der Waals surface area contributed by atoms with E-state index >= 15 is 0 Å². The van der Waals surface area contributed by atoms with Crippen molar-refractivity contribution < 1.29 is 9.90 Å². The molecule has 4 rings (SSSR count). The van der Waals surface area contributed by atoms with Gasteiger partial charge in [-0.25, -0.2) is 19.8 Å². The normalized spacial score (nSPS) is 15.6. The average molecular weight is 420 g/mol. The van der Waals surface area contributed by atoms with Crippen molar-refractivity contribution in [3.63, 3.8) is 0 Å². The van der Waals surface area contributed by atoms with Crippen molar-refractivity contribution in [2.45, 2.75) is 31.8 Å². The summed E-state index contributed by atoms with van der Waals surface area (Å²) in [5.41, 5.74) is 1.95. The first-order valence-electron chi connectivity index (χ1n) is 9.69. The lowest BCUT2D eigenvalue weighted by Crippen LogP contribution is -2.47. The Labute approximate surface area is 178 Å². The van der Waals surface area contributed by atoms with Crippen LogP contribution in [0.1, 0.15) is 33.1 Å². The van der Waals surface area contributed by atoms with Crippen molar-refractivity contribution >= 4 is 22.9 Å². The molecule has 0 spiro atoms. The van der Waals surface area contributed by atoms with Gasteiger partial charge in [0.25, 0.3) is 5.91 Å². The molecule has 1 N–H and O–H groups in total. The Morgan fingerprint density at radius 2 is 2.00 bits per heavy atom. The summed E-state index contributed by atoms with van der Waals surface area (Å²) in [7, 11) is 0. The average Bonchev–Trinajstić information content (AvgIpc) is 3.16. The second-order valence-corrected chi connectivity index (χ2v) is 8.68. The van der Waals surface area contributed by atoms with E-state index in [9.17, 15) is 9.90 Å². The van der Waals surface area contributed by atoms with Crippen LogP contribution in [0, 0.1) is 13.5 Å². The van der Waals surface area contributed by atoms with Gasteiger partial charge in [0.1, 0.15) is 16.9 Å². The Morgan fingerprint density at radius 3 is 2.63 bits per heavy atom. The number of carbonyl (C=O) groups excluding carboxylic acids is 1. The van der Waals surface area contributed by atoms with Gasteiger partial charge in [-0.2, -0.15) is 0 Å². The van der Waals surface area contributed by atoms with Crippen LogP contribution < -0.4 is 0 Å². The highest BCUT2D eigenvalue weighted by atomic mass is 32.1. The maximum atomic E-state index is 13.2. The van der Waals surface area contributed by atoms with Crippen LogP contribution in [0.5, 0.6) is 0 Å². The molecule has 3 heterocycles. The lowest BCUT2D eigenvalue weighted by atomic mass is 9.85. The van der Waals surface area contributed by atoms with Crippen molar-refractivity contribution in [2.75, 3.05) is 13.1 Å². The summed E-state index contributed by atoms with van der Waals surface area (Å²) < 4.78 is 0. The van der Waals surface area contributed by atoms with Gasteiger partial charge in [0, 0.05) is 25.7 Å².